The summed E-state index contributed by atoms with van der Waals surface area (Å²) in [5.74, 6) is 0.0856. The van der Waals surface area contributed by atoms with E-state index >= 15 is 0 Å². The Morgan fingerprint density at radius 2 is 2.00 bits per heavy atom. The smallest absolute Gasteiger partial charge is 0.119 e. The van der Waals surface area contributed by atoms with Crippen molar-refractivity contribution in [2.45, 2.75) is 6.92 Å². The fourth-order valence-corrected chi connectivity index (χ4v) is 3.59. The van der Waals surface area contributed by atoms with Crippen molar-refractivity contribution >= 4 is 45.9 Å². The summed E-state index contributed by atoms with van der Waals surface area (Å²) < 4.78 is 0. The minimum Gasteiger partial charge on any atom is -0.233 e. The highest BCUT2D eigenvalue weighted by molar-refractivity contribution is 8.18. The van der Waals surface area contributed by atoms with Gasteiger partial charge in [0.15, 0.2) is 0 Å². The molecule has 1 unspecified atom stereocenters. The zero-order valence-electron chi connectivity index (χ0n) is 9.25. The van der Waals surface area contributed by atoms with Crippen LogP contribution in [0.5, 0.6) is 0 Å². The summed E-state index contributed by atoms with van der Waals surface area (Å²) >= 11 is 7.05. The first-order valence-electron chi connectivity index (χ1n) is 5.35. The van der Waals surface area contributed by atoms with Gasteiger partial charge >= 0.3 is 0 Å². The van der Waals surface area contributed by atoms with Gasteiger partial charge in [-0.05, 0) is 23.0 Å². The summed E-state index contributed by atoms with van der Waals surface area (Å²) in [7, 11) is 0. The van der Waals surface area contributed by atoms with Crippen molar-refractivity contribution in [3.63, 3.8) is 0 Å². The van der Waals surface area contributed by atoms with Crippen LogP contribution in [0.4, 0.5) is 0 Å². The minimum atomic E-state index is 0.0856. The van der Waals surface area contributed by atoms with Gasteiger partial charge in [0.1, 0.15) is 11.3 Å². The van der Waals surface area contributed by atoms with E-state index in [1.807, 2.05) is 18.2 Å². The molecule has 1 atom stereocenters. The molecule has 2 heterocycles. The second-order valence-corrected chi connectivity index (χ2v) is 5.57. The summed E-state index contributed by atoms with van der Waals surface area (Å²) in [5.41, 5.74) is 2.48. The van der Waals surface area contributed by atoms with Gasteiger partial charge in [-0.1, -0.05) is 54.3 Å². The number of nitrogens with zero attached hydrogens (tertiary/aromatic N) is 2. The molecular weight excluding hydrogens is 248 g/mol. The van der Waals surface area contributed by atoms with Crippen LogP contribution in [-0.2, 0) is 0 Å². The van der Waals surface area contributed by atoms with Gasteiger partial charge < -0.3 is 0 Å². The summed E-state index contributed by atoms with van der Waals surface area (Å²) in [5, 5.41) is 1.06. The maximum atomic E-state index is 5.35. The molecule has 0 saturated heterocycles. The largest absolute Gasteiger partial charge is 0.233 e. The Bertz CT molecular complexity index is 570. The molecule has 0 fully saturated rings. The Morgan fingerprint density at radius 3 is 2.76 bits per heavy atom. The molecule has 1 aromatic rings. The predicted molar refractivity (Wildman–Crippen MR) is 78.6 cm³/mol. The highest BCUT2D eigenvalue weighted by Crippen LogP contribution is 2.45. The van der Waals surface area contributed by atoms with Crippen LogP contribution in [0.25, 0.3) is 5.57 Å². The van der Waals surface area contributed by atoms with E-state index in [-0.39, 0.29) is 5.92 Å². The predicted octanol–water partition coefficient (Wildman–Crippen LogP) is 3.55. The van der Waals surface area contributed by atoms with Crippen molar-refractivity contribution in [3.8, 4) is 0 Å². The van der Waals surface area contributed by atoms with E-state index in [1.54, 1.807) is 18.1 Å². The molecule has 0 spiro atoms. The third kappa shape index (κ3) is 1.77. The molecule has 0 bridgehead atoms. The van der Waals surface area contributed by atoms with Gasteiger partial charge in [0.25, 0.3) is 0 Å². The molecule has 0 saturated carbocycles. The summed E-state index contributed by atoms with van der Waals surface area (Å²) in [6, 6.07) is 10.3. The summed E-state index contributed by atoms with van der Waals surface area (Å²) in [6.45, 7) is 2.12. The fourth-order valence-electron chi connectivity index (χ4n) is 2.13. The Balaban J connectivity index is 2.11. The third-order valence-electron chi connectivity index (χ3n) is 2.87. The number of thioether (sulfide) groups is 1. The van der Waals surface area contributed by atoms with Crippen LogP contribution >= 0.6 is 24.0 Å². The maximum Gasteiger partial charge on any atom is 0.119 e. The number of fused-ring (bicyclic) bond motifs is 1. The first kappa shape index (κ1) is 10.9. The van der Waals surface area contributed by atoms with Crippen LogP contribution in [0.1, 0.15) is 12.5 Å². The van der Waals surface area contributed by atoms with Gasteiger partial charge in [0.2, 0.25) is 0 Å². The molecule has 4 heteroatoms. The molecule has 0 N–H and O–H groups in total. The molecule has 2 aliphatic heterocycles. The number of hydrogen-bond acceptors (Lipinski definition) is 3. The lowest BCUT2D eigenvalue weighted by Gasteiger charge is -2.16. The van der Waals surface area contributed by atoms with Crippen LogP contribution in [-0.4, -0.2) is 16.4 Å². The van der Waals surface area contributed by atoms with Gasteiger partial charge in [-0.25, -0.2) is 9.98 Å². The van der Waals surface area contributed by atoms with E-state index in [9.17, 15) is 0 Å². The second-order valence-electron chi connectivity index (χ2n) is 3.92. The van der Waals surface area contributed by atoms with Crippen LogP contribution < -0.4 is 0 Å². The van der Waals surface area contributed by atoms with Crippen molar-refractivity contribution in [2.24, 2.45) is 15.9 Å². The minimum absolute atomic E-state index is 0.0856. The van der Waals surface area contributed by atoms with E-state index in [4.69, 9.17) is 12.2 Å². The highest BCUT2D eigenvalue weighted by Gasteiger charge is 2.35. The molecule has 2 aliphatic rings. The number of rotatable bonds is 1. The fraction of sp³-hybridized carbons (Fsp3) is 0.154. The van der Waals surface area contributed by atoms with E-state index in [2.05, 4.69) is 29.0 Å². The van der Waals surface area contributed by atoms with Crippen molar-refractivity contribution in [1.29, 1.82) is 0 Å². The van der Waals surface area contributed by atoms with Crippen LogP contribution in [0.2, 0.25) is 0 Å². The van der Waals surface area contributed by atoms with Crippen molar-refractivity contribution in [1.82, 2.24) is 0 Å². The molecule has 0 amide bonds. The van der Waals surface area contributed by atoms with Crippen LogP contribution in [0.3, 0.4) is 0 Å². The van der Waals surface area contributed by atoms with Gasteiger partial charge in [0, 0.05) is 0 Å². The van der Waals surface area contributed by atoms with E-state index in [1.165, 1.54) is 16.0 Å². The number of allylic oxidation sites excluding steroid dienone is 1. The zero-order chi connectivity index (χ0) is 11.8. The molecule has 0 aromatic heterocycles. The van der Waals surface area contributed by atoms with Gasteiger partial charge in [-0.3, -0.25) is 0 Å². The first-order valence-corrected chi connectivity index (χ1v) is 6.58. The Hall–Kier alpha value is -1.26. The van der Waals surface area contributed by atoms with E-state index in [0.29, 0.717) is 0 Å². The molecule has 0 radical (unpaired) electrons. The number of hydrogen-bond donors (Lipinski definition) is 0. The monoisotopic (exact) mass is 258 g/mol. The average molecular weight is 258 g/mol. The zero-order valence-corrected chi connectivity index (χ0v) is 10.9. The maximum absolute atomic E-state index is 5.35. The Labute approximate surface area is 110 Å². The second kappa shape index (κ2) is 4.20. The highest BCUT2D eigenvalue weighted by atomic mass is 32.2. The van der Waals surface area contributed by atoms with Crippen LogP contribution in [0.15, 0.2) is 45.2 Å². The molecular formula is C13H10N2S2. The van der Waals surface area contributed by atoms with Crippen molar-refractivity contribution in [2.75, 3.05) is 0 Å². The molecule has 2 nitrogen and oxygen atoms in total. The SMILES string of the molecule is CC1=C(c2ccccc2)C2C(=S)N=CN=C2S1. The first-order chi connectivity index (χ1) is 8.27. The molecule has 0 aliphatic carbocycles. The third-order valence-corrected chi connectivity index (χ3v) is 4.29. The lowest BCUT2D eigenvalue weighted by molar-refractivity contribution is 1.23. The molecule has 84 valence electrons. The summed E-state index contributed by atoms with van der Waals surface area (Å²) in [6.07, 6.45) is 1.56. The molecule has 17 heavy (non-hydrogen) atoms. The molecule has 1 aromatic carbocycles. The lowest BCUT2D eigenvalue weighted by Crippen LogP contribution is -2.20. The van der Waals surface area contributed by atoms with Gasteiger partial charge in [0.05, 0.1) is 11.0 Å². The van der Waals surface area contributed by atoms with Crippen molar-refractivity contribution < 1.29 is 0 Å². The standard InChI is InChI=1S/C13H10N2S2/c1-8-10(9-5-3-2-4-6-9)11-12(16)14-7-15-13(11)17-8/h2-7,11H,1H3. The number of benzene rings is 1. The topological polar surface area (TPSA) is 24.7 Å². The van der Waals surface area contributed by atoms with E-state index < -0.39 is 0 Å². The average Bonchev–Trinajstić information content (AvgIpc) is 2.68. The van der Waals surface area contributed by atoms with Gasteiger partial charge in [-0.15, -0.1) is 0 Å². The van der Waals surface area contributed by atoms with Gasteiger partial charge in [-0.2, -0.15) is 0 Å². The lowest BCUT2D eigenvalue weighted by atomic mass is 9.92. The number of thiocarbonyl (C=S) groups is 1. The normalized spacial score (nSPS) is 22.8. The quantitative estimate of drug-likeness (QED) is 0.720. The Kier molecular flexibility index (Phi) is 2.68. The summed E-state index contributed by atoms with van der Waals surface area (Å²) in [4.78, 5) is 10.5. The number of aliphatic imine (C=N–C) groups is 2. The van der Waals surface area contributed by atoms with Crippen LogP contribution in [0, 0.1) is 5.92 Å². The van der Waals surface area contributed by atoms with Crippen molar-refractivity contribution in [3.05, 3.63) is 40.8 Å². The Morgan fingerprint density at radius 1 is 1.24 bits per heavy atom. The molecule has 3 rings (SSSR count). The van der Waals surface area contributed by atoms with E-state index in [0.717, 1.165) is 10.0 Å².